The molecule has 17 heavy (non-hydrogen) atoms. The van der Waals surface area contributed by atoms with E-state index in [-0.39, 0.29) is 17.9 Å². The van der Waals surface area contributed by atoms with E-state index < -0.39 is 5.54 Å². The topological polar surface area (TPSA) is 75.4 Å². The van der Waals surface area contributed by atoms with E-state index in [1.54, 1.807) is 0 Å². The van der Waals surface area contributed by atoms with E-state index in [1.807, 2.05) is 6.92 Å². The zero-order valence-electron chi connectivity index (χ0n) is 10.4. The highest BCUT2D eigenvalue weighted by Crippen LogP contribution is 2.33. The summed E-state index contributed by atoms with van der Waals surface area (Å²) in [6, 6.07) is -0.239. The third-order valence-corrected chi connectivity index (χ3v) is 3.85. The molecular weight excluding hydrogens is 218 g/mol. The number of hydrogen-bond acceptors (Lipinski definition) is 3. The quantitative estimate of drug-likeness (QED) is 0.716. The number of nitrogens with one attached hydrogen (secondary N) is 1. The molecule has 0 aromatic heterocycles. The fourth-order valence-corrected chi connectivity index (χ4v) is 2.72. The summed E-state index contributed by atoms with van der Waals surface area (Å²) in [5.74, 6) is 0.117. The summed E-state index contributed by atoms with van der Waals surface area (Å²) in [5, 5.41) is 2.90. The number of nitrogens with two attached hydrogens (primary N) is 1. The smallest absolute Gasteiger partial charge is 0.325 e. The van der Waals surface area contributed by atoms with E-state index >= 15 is 0 Å². The number of imide groups is 1. The normalized spacial score (nSPS) is 25.2. The van der Waals surface area contributed by atoms with Crippen molar-refractivity contribution in [3.63, 3.8) is 0 Å². The molecular formula is C12H21N3O2. The molecule has 1 atom stereocenters. The van der Waals surface area contributed by atoms with Crippen LogP contribution in [0.5, 0.6) is 0 Å². The summed E-state index contributed by atoms with van der Waals surface area (Å²) >= 11 is 0. The molecule has 0 radical (unpaired) electrons. The molecule has 96 valence electrons. The van der Waals surface area contributed by atoms with E-state index in [2.05, 4.69) is 5.32 Å². The molecule has 2 rings (SSSR count). The maximum absolute atomic E-state index is 12.3. The number of carbonyl (C=O) groups excluding carboxylic acids is 2. The average Bonchev–Trinajstić information content (AvgIpc) is 2.55. The Morgan fingerprint density at radius 3 is 2.59 bits per heavy atom. The van der Waals surface area contributed by atoms with Gasteiger partial charge in [0.15, 0.2) is 0 Å². The van der Waals surface area contributed by atoms with Crippen molar-refractivity contribution < 1.29 is 9.59 Å². The maximum Gasteiger partial charge on any atom is 0.325 e. The van der Waals surface area contributed by atoms with Crippen molar-refractivity contribution >= 4 is 11.9 Å². The minimum Gasteiger partial charge on any atom is -0.330 e. The van der Waals surface area contributed by atoms with Gasteiger partial charge in [-0.25, -0.2) is 4.79 Å². The van der Waals surface area contributed by atoms with Gasteiger partial charge >= 0.3 is 6.03 Å². The van der Waals surface area contributed by atoms with Crippen LogP contribution in [0.15, 0.2) is 0 Å². The van der Waals surface area contributed by atoms with E-state index in [4.69, 9.17) is 5.73 Å². The van der Waals surface area contributed by atoms with Crippen molar-refractivity contribution in [2.24, 2.45) is 11.7 Å². The van der Waals surface area contributed by atoms with Gasteiger partial charge in [-0.3, -0.25) is 9.69 Å². The van der Waals surface area contributed by atoms with E-state index in [9.17, 15) is 9.59 Å². The standard InChI is InChI=1S/C12H21N3O2/c1-9(7-13)8-15-10(16)12(14-11(15)17)5-3-2-4-6-12/h9H,2-8,13H2,1H3,(H,14,17). The van der Waals surface area contributed by atoms with Gasteiger partial charge in [0.1, 0.15) is 5.54 Å². The predicted octanol–water partition coefficient (Wildman–Crippen LogP) is 0.836. The van der Waals surface area contributed by atoms with Crippen LogP contribution in [-0.2, 0) is 4.79 Å². The van der Waals surface area contributed by atoms with Crippen LogP contribution in [0.4, 0.5) is 4.79 Å². The van der Waals surface area contributed by atoms with Crippen LogP contribution >= 0.6 is 0 Å². The molecule has 5 nitrogen and oxygen atoms in total. The van der Waals surface area contributed by atoms with Gasteiger partial charge in [0, 0.05) is 6.54 Å². The van der Waals surface area contributed by atoms with Gasteiger partial charge in [-0.2, -0.15) is 0 Å². The molecule has 1 saturated heterocycles. The van der Waals surface area contributed by atoms with Crippen LogP contribution in [0.2, 0.25) is 0 Å². The van der Waals surface area contributed by atoms with Gasteiger partial charge in [0.05, 0.1) is 0 Å². The molecule has 0 aromatic rings. The Labute approximate surface area is 102 Å². The molecule has 3 N–H and O–H groups in total. The summed E-state index contributed by atoms with van der Waals surface area (Å²) in [6.45, 7) is 2.87. The van der Waals surface area contributed by atoms with Crippen molar-refractivity contribution in [2.75, 3.05) is 13.1 Å². The predicted molar refractivity (Wildman–Crippen MR) is 64.3 cm³/mol. The first-order valence-electron chi connectivity index (χ1n) is 6.43. The Bertz CT molecular complexity index is 324. The Kier molecular flexibility index (Phi) is 3.38. The largest absolute Gasteiger partial charge is 0.330 e. The first-order valence-corrected chi connectivity index (χ1v) is 6.43. The van der Waals surface area contributed by atoms with Crippen LogP contribution < -0.4 is 11.1 Å². The summed E-state index contributed by atoms with van der Waals surface area (Å²) in [5.41, 5.74) is 4.95. The zero-order valence-corrected chi connectivity index (χ0v) is 10.4. The molecule has 1 saturated carbocycles. The van der Waals surface area contributed by atoms with Gasteiger partial charge < -0.3 is 11.1 Å². The number of nitrogens with zero attached hydrogens (tertiary/aromatic N) is 1. The lowest BCUT2D eigenvalue weighted by Crippen LogP contribution is -2.48. The summed E-state index contributed by atoms with van der Waals surface area (Å²) < 4.78 is 0. The molecule has 3 amide bonds. The van der Waals surface area contributed by atoms with Gasteiger partial charge in [-0.05, 0) is 25.3 Å². The molecule has 1 aliphatic heterocycles. The second-order valence-electron chi connectivity index (χ2n) is 5.33. The van der Waals surface area contributed by atoms with Crippen molar-refractivity contribution in [1.29, 1.82) is 0 Å². The SMILES string of the molecule is CC(CN)CN1C(=O)NC2(CCCCC2)C1=O. The minimum atomic E-state index is -0.594. The van der Waals surface area contributed by atoms with Crippen LogP contribution in [0.25, 0.3) is 0 Å². The number of amides is 3. The minimum absolute atomic E-state index is 0.0394. The number of rotatable bonds is 3. The molecule has 1 spiro atoms. The fraction of sp³-hybridized carbons (Fsp3) is 0.833. The molecule has 1 unspecified atom stereocenters. The van der Waals surface area contributed by atoms with Gasteiger partial charge in [0.2, 0.25) is 0 Å². The van der Waals surface area contributed by atoms with Crippen LogP contribution in [0, 0.1) is 5.92 Å². The lowest BCUT2D eigenvalue weighted by atomic mass is 9.81. The first-order chi connectivity index (χ1) is 8.09. The molecule has 1 heterocycles. The highest BCUT2D eigenvalue weighted by molar-refractivity contribution is 6.07. The Morgan fingerprint density at radius 1 is 1.35 bits per heavy atom. The molecule has 2 aliphatic rings. The Hall–Kier alpha value is -1.10. The maximum atomic E-state index is 12.3. The number of carbonyl (C=O) groups is 2. The van der Waals surface area contributed by atoms with Gasteiger partial charge in [-0.1, -0.05) is 26.2 Å². The number of urea groups is 1. The lowest BCUT2D eigenvalue weighted by molar-refractivity contribution is -0.132. The van der Waals surface area contributed by atoms with Crippen molar-refractivity contribution in [3.05, 3.63) is 0 Å². The van der Waals surface area contributed by atoms with Crippen molar-refractivity contribution in [2.45, 2.75) is 44.6 Å². The summed E-state index contributed by atoms with van der Waals surface area (Å²) in [4.78, 5) is 25.6. The van der Waals surface area contributed by atoms with Gasteiger partial charge in [-0.15, -0.1) is 0 Å². The highest BCUT2D eigenvalue weighted by atomic mass is 16.2. The molecule has 2 fully saturated rings. The van der Waals surface area contributed by atoms with E-state index in [1.165, 1.54) is 4.90 Å². The molecule has 0 bridgehead atoms. The average molecular weight is 239 g/mol. The Morgan fingerprint density at radius 2 is 2.00 bits per heavy atom. The highest BCUT2D eigenvalue weighted by Gasteiger charge is 2.51. The summed E-state index contributed by atoms with van der Waals surface area (Å²) in [7, 11) is 0. The third kappa shape index (κ3) is 2.16. The van der Waals surface area contributed by atoms with Gasteiger partial charge in [0.25, 0.3) is 5.91 Å². The molecule has 1 aliphatic carbocycles. The summed E-state index contributed by atoms with van der Waals surface area (Å²) in [6.07, 6.45) is 4.76. The van der Waals surface area contributed by atoms with Crippen molar-refractivity contribution in [1.82, 2.24) is 10.2 Å². The second kappa shape index (κ2) is 4.64. The monoisotopic (exact) mass is 239 g/mol. The Balaban J connectivity index is 2.10. The number of hydrogen-bond donors (Lipinski definition) is 2. The van der Waals surface area contributed by atoms with E-state index in [0.717, 1.165) is 32.1 Å². The van der Waals surface area contributed by atoms with E-state index in [0.29, 0.717) is 13.1 Å². The van der Waals surface area contributed by atoms with Crippen LogP contribution in [0.3, 0.4) is 0 Å². The molecule has 0 aromatic carbocycles. The fourth-order valence-electron chi connectivity index (χ4n) is 2.72. The van der Waals surface area contributed by atoms with Crippen LogP contribution in [0.1, 0.15) is 39.0 Å². The zero-order chi connectivity index (χ0) is 12.5. The second-order valence-corrected chi connectivity index (χ2v) is 5.33. The third-order valence-electron chi connectivity index (χ3n) is 3.85. The van der Waals surface area contributed by atoms with Crippen molar-refractivity contribution in [3.8, 4) is 0 Å². The first kappa shape index (κ1) is 12.4. The lowest BCUT2D eigenvalue weighted by Gasteiger charge is -2.30. The molecule has 5 heteroatoms. The van der Waals surface area contributed by atoms with Crippen LogP contribution in [-0.4, -0.2) is 35.5 Å².